The minimum atomic E-state index is 0.773. The fourth-order valence-electron chi connectivity index (χ4n) is 3.12. The minimum Gasteiger partial charge on any atom is -0.496 e. The summed E-state index contributed by atoms with van der Waals surface area (Å²) in [5, 5.41) is 7.15. The lowest BCUT2D eigenvalue weighted by atomic mass is 10.1. The molecule has 0 aliphatic heterocycles. The number of rotatable bonds is 5. The third kappa shape index (κ3) is 3.42. The lowest BCUT2D eigenvalue weighted by Gasteiger charge is -2.08. The molecule has 5 heteroatoms. The Hall–Kier alpha value is -2.66. The second-order valence-corrected chi connectivity index (χ2v) is 6.85. The van der Waals surface area contributed by atoms with E-state index >= 15 is 0 Å². The van der Waals surface area contributed by atoms with E-state index in [-0.39, 0.29) is 0 Å². The van der Waals surface area contributed by atoms with Crippen LogP contribution in [0.5, 0.6) is 5.75 Å². The molecule has 126 valence electrons. The maximum absolute atomic E-state index is 5.50. The molecule has 1 heterocycles. The normalized spacial score (nSPS) is 13.2. The average Bonchev–Trinajstić information content (AvgIpc) is 3.30. The molecule has 0 radical (unpaired) electrons. The van der Waals surface area contributed by atoms with Gasteiger partial charge in [0.1, 0.15) is 5.75 Å². The van der Waals surface area contributed by atoms with Crippen molar-refractivity contribution in [2.75, 3.05) is 12.5 Å². The van der Waals surface area contributed by atoms with Crippen molar-refractivity contribution < 1.29 is 4.74 Å². The van der Waals surface area contributed by atoms with E-state index in [0.29, 0.717) is 0 Å². The van der Waals surface area contributed by atoms with Crippen LogP contribution in [-0.4, -0.2) is 18.3 Å². The van der Waals surface area contributed by atoms with E-state index in [0.717, 1.165) is 40.5 Å². The van der Waals surface area contributed by atoms with E-state index in [1.165, 1.54) is 17.5 Å². The number of nitrogens with one attached hydrogen (secondary N) is 1. The Bertz CT molecular complexity index is 903. The average molecular weight is 349 g/mol. The van der Waals surface area contributed by atoms with Crippen LogP contribution in [-0.2, 0) is 12.8 Å². The highest BCUT2D eigenvalue weighted by atomic mass is 32.1. The molecule has 4 rings (SSSR count). The molecule has 1 aliphatic carbocycles. The molecule has 0 spiro atoms. The second-order valence-electron chi connectivity index (χ2n) is 5.99. The fourth-order valence-corrected chi connectivity index (χ4v) is 3.79. The van der Waals surface area contributed by atoms with Gasteiger partial charge in [-0.3, -0.25) is 5.43 Å². The van der Waals surface area contributed by atoms with Crippen LogP contribution in [0.1, 0.15) is 23.1 Å². The summed E-state index contributed by atoms with van der Waals surface area (Å²) in [6.07, 6.45) is 5.31. The Morgan fingerprint density at radius 2 is 1.96 bits per heavy atom. The first-order chi connectivity index (χ1) is 12.3. The number of benzene rings is 2. The van der Waals surface area contributed by atoms with E-state index < -0.39 is 0 Å². The van der Waals surface area contributed by atoms with E-state index in [1.807, 2.05) is 23.6 Å². The van der Waals surface area contributed by atoms with Gasteiger partial charge in [-0.1, -0.05) is 30.3 Å². The molecular formula is C20H19N3OS. The predicted molar refractivity (Wildman–Crippen MR) is 104 cm³/mol. The molecule has 1 N–H and O–H groups in total. The number of hydrogen-bond acceptors (Lipinski definition) is 5. The molecule has 3 aromatic rings. The van der Waals surface area contributed by atoms with Crippen LogP contribution in [0.4, 0.5) is 5.13 Å². The lowest BCUT2D eigenvalue weighted by molar-refractivity contribution is 0.413. The summed E-state index contributed by atoms with van der Waals surface area (Å²) in [6.45, 7) is 0. The zero-order valence-corrected chi connectivity index (χ0v) is 14.8. The highest BCUT2D eigenvalue weighted by Crippen LogP contribution is 2.29. The Morgan fingerprint density at radius 1 is 1.16 bits per heavy atom. The minimum absolute atomic E-state index is 0.773. The maximum atomic E-state index is 5.50. The van der Waals surface area contributed by atoms with Crippen molar-refractivity contribution in [3.05, 3.63) is 64.5 Å². The molecular weight excluding hydrogens is 330 g/mol. The first-order valence-electron chi connectivity index (χ1n) is 8.33. The highest BCUT2D eigenvalue weighted by molar-refractivity contribution is 7.14. The second kappa shape index (κ2) is 7.07. The number of thiazole rings is 1. The standard InChI is InChI=1S/C20H19N3OS/c1-24-19-11-16-9-5-8-15(16)10-17(19)12-21-23-20-22-18(13-25-20)14-6-3-2-4-7-14/h2-4,6-7,10-13H,5,8-9H2,1H3,(H,22,23). The van der Waals surface area contributed by atoms with Crippen LogP contribution in [0.3, 0.4) is 0 Å². The zero-order valence-electron chi connectivity index (χ0n) is 14.0. The van der Waals surface area contributed by atoms with Gasteiger partial charge in [-0.2, -0.15) is 5.10 Å². The summed E-state index contributed by atoms with van der Waals surface area (Å²) in [5.41, 5.74) is 8.89. The van der Waals surface area contributed by atoms with Crippen LogP contribution < -0.4 is 10.2 Å². The maximum Gasteiger partial charge on any atom is 0.203 e. The molecule has 0 unspecified atom stereocenters. The van der Waals surface area contributed by atoms with Crippen molar-refractivity contribution in [2.24, 2.45) is 5.10 Å². The Morgan fingerprint density at radius 3 is 2.76 bits per heavy atom. The number of aromatic nitrogens is 1. The monoisotopic (exact) mass is 349 g/mol. The molecule has 0 saturated carbocycles. The third-order valence-corrected chi connectivity index (χ3v) is 5.13. The van der Waals surface area contributed by atoms with E-state index in [2.05, 4.69) is 39.8 Å². The van der Waals surface area contributed by atoms with Gasteiger partial charge < -0.3 is 4.74 Å². The van der Waals surface area contributed by atoms with Gasteiger partial charge in [0, 0.05) is 16.5 Å². The Labute approximate surface area is 151 Å². The number of aryl methyl sites for hydroxylation is 2. The number of ether oxygens (including phenoxy) is 1. The Kier molecular flexibility index (Phi) is 4.48. The third-order valence-electron chi connectivity index (χ3n) is 4.38. The van der Waals surface area contributed by atoms with Crippen LogP contribution in [0.25, 0.3) is 11.3 Å². The number of hydrogen-bond donors (Lipinski definition) is 1. The van der Waals surface area contributed by atoms with Crippen LogP contribution in [0.2, 0.25) is 0 Å². The van der Waals surface area contributed by atoms with Gasteiger partial charge in [0.25, 0.3) is 0 Å². The molecule has 1 aromatic heterocycles. The number of methoxy groups -OCH3 is 1. The topological polar surface area (TPSA) is 46.5 Å². The van der Waals surface area contributed by atoms with E-state index in [1.54, 1.807) is 24.7 Å². The lowest BCUT2D eigenvalue weighted by Crippen LogP contribution is -1.96. The zero-order chi connectivity index (χ0) is 17.1. The molecule has 2 aromatic carbocycles. The van der Waals surface area contributed by atoms with Gasteiger partial charge in [-0.15, -0.1) is 11.3 Å². The van der Waals surface area contributed by atoms with Gasteiger partial charge in [0.15, 0.2) is 0 Å². The first-order valence-corrected chi connectivity index (χ1v) is 9.21. The van der Waals surface area contributed by atoms with Crippen LogP contribution >= 0.6 is 11.3 Å². The predicted octanol–water partition coefficient (Wildman–Crippen LogP) is 4.75. The van der Waals surface area contributed by atoms with E-state index in [4.69, 9.17) is 4.74 Å². The SMILES string of the molecule is COc1cc2c(cc1C=NNc1nc(-c3ccccc3)cs1)CCC2. The molecule has 0 saturated heterocycles. The summed E-state index contributed by atoms with van der Waals surface area (Å²) in [7, 11) is 1.70. The van der Waals surface area contributed by atoms with Gasteiger partial charge in [-0.05, 0) is 42.5 Å². The number of fused-ring (bicyclic) bond motifs is 1. The van der Waals surface area contributed by atoms with E-state index in [9.17, 15) is 0 Å². The summed E-state index contributed by atoms with van der Waals surface area (Å²) >= 11 is 1.54. The fraction of sp³-hybridized carbons (Fsp3) is 0.200. The van der Waals surface area contributed by atoms with Crippen molar-refractivity contribution in [1.29, 1.82) is 0 Å². The number of anilines is 1. The van der Waals surface area contributed by atoms with Crippen molar-refractivity contribution in [2.45, 2.75) is 19.3 Å². The summed E-state index contributed by atoms with van der Waals surface area (Å²) in [4.78, 5) is 4.57. The largest absolute Gasteiger partial charge is 0.496 e. The van der Waals surface area contributed by atoms with Gasteiger partial charge >= 0.3 is 0 Å². The Balaban J connectivity index is 1.49. The number of hydrazone groups is 1. The quantitative estimate of drug-likeness (QED) is 0.534. The molecule has 0 atom stereocenters. The molecule has 1 aliphatic rings. The summed E-state index contributed by atoms with van der Waals surface area (Å²) < 4.78 is 5.50. The van der Waals surface area contributed by atoms with Gasteiger partial charge in [0.05, 0.1) is 19.0 Å². The molecule has 0 fully saturated rings. The summed E-state index contributed by atoms with van der Waals surface area (Å²) in [5.74, 6) is 0.871. The van der Waals surface area contributed by atoms with Gasteiger partial charge in [0.2, 0.25) is 5.13 Å². The molecule has 0 amide bonds. The molecule has 4 nitrogen and oxygen atoms in total. The van der Waals surface area contributed by atoms with Crippen molar-refractivity contribution >= 4 is 22.7 Å². The van der Waals surface area contributed by atoms with Crippen molar-refractivity contribution in [3.63, 3.8) is 0 Å². The van der Waals surface area contributed by atoms with Crippen LogP contribution in [0, 0.1) is 0 Å². The molecule has 25 heavy (non-hydrogen) atoms. The smallest absolute Gasteiger partial charge is 0.203 e. The van der Waals surface area contributed by atoms with Gasteiger partial charge in [-0.25, -0.2) is 4.98 Å². The highest BCUT2D eigenvalue weighted by Gasteiger charge is 2.14. The van der Waals surface area contributed by atoms with Crippen LogP contribution in [0.15, 0.2) is 52.9 Å². The molecule has 0 bridgehead atoms. The van der Waals surface area contributed by atoms with Crippen molar-refractivity contribution in [3.8, 4) is 17.0 Å². The first kappa shape index (κ1) is 15.8. The number of nitrogens with zero attached hydrogens (tertiary/aromatic N) is 2. The summed E-state index contributed by atoms with van der Waals surface area (Å²) in [6, 6.07) is 14.5. The van der Waals surface area contributed by atoms with Crippen molar-refractivity contribution in [1.82, 2.24) is 4.98 Å².